The van der Waals surface area contributed by atoms with Gasteiger partial charge in [0.1, 0.15) is 71.9 Å². The van der Waals surface area contributed by atoms with Crippen LogP contribution < -0.4 is 64.1 Å². The summed E-state index contributed by atoms with van der Waals surface area (Å²) in [6, 6.07) is -4.88. The molecule has 0 saturated carbocycles. The summed E-state index contributed by atoms with van der Waals surface area (Å²) in [4.78, 5) is 195. The Morgan fingerprint density at radius 3 is 1.76 bits per heavy atom. The smallest absolute Gasteiger partial charge is 0.334 e. The minimum absolute atomic E-state index is 0.0229. The maximum Gasteiger partial charge on any atom is 0.334 e. The second-order valence-corrected chi connectivity index (χ2v) is 27.5. The van der Waals surface area contributed by atoms with E-state index in [0.717, 1.165) is 43.9 Å². The summed E-state index contributed by atoms with van der Waals surface area (Å²) < 4.78 is 5.82. The lowest BCUT2D eigenvalue weighted by Gasteiger charge is -2.30. The molecule has 11 amide bonds. The van der Waals surface area contributed by atoms with E-state index in [0.29, 0.717) is 30.7 Å². The Bertz CT molecular complexity index is 3210. The number of rotatable bonds is 35. The van der Waals surface area contributed by atoms with E-state index in [4.69, 9.17) is 16.2 Å². The SMILES string of the molecule is CC[C@H](C)[C@@H]1NC(=O)[C@H](Cc2ccc(O)cc2)NC(=O)[C@H](CCC(N)=O)NC(=O)[C@@H]2CCCN2C(=O)[C@@H](C)NC(=O)[C@H](CCC(=O)O)NC(=O)[C@H]([C@@H](C)O)NC(=O)[C@@H](NC(=O)[C@H](CCCN)NC(=O)[C@H](CCC(=O)O)NC(=O)CC(O)CCCCCCCCCCC(C)C)Cc2ccc(cc2)OC1=O. The minimum Gasteiger partial charge on any atom is -0.508 e. The summed E-state index contributed by atoms with van der Waals surface area (Å²) in [5.74, 6) is -14.7. The first-order valence-corrected chi connectivity index (χ1v) is 36.2. The van der Waals surface area contributed by atoms with E-state index in [1.807, 2.05) is 0 Å². The molecule has 578 valence electrons. The highest BCUT2D eigenvalue weighted by Gasteiger charge is 2.41. The molecule has 13 atom stereocenters. The topological polar surface area (TPSA) is 513 Å². The Morgan fingerprint density at radius 2 is 1.17 bits per heavy atom. The summed E-state index contributed by atoms with van der Waals surface area (Å²) >= 11 is 0. The summed E-state index contributed by atoms with van der Waals surface area (Å²) in [6.45, 7) is 10.1. The number of carboxylic acids is 2. The number of primary amides is 1. The molecule has 1 fully saturated rings. The van der Waals surface area contributed by atoms with Crippen molar-refractivity contribution in [3.8, 4) is 11.5 Å². The van der Waals surface area contributed by atoms with E-state index >= 15 is 0 Å². The third-order valence-electron chi connectivity index (χ3n) is 18.3. The van der Waals surface area contributed by atoms with Gasteiger partial charge in [0.05, 0.1) is 18.6 Å². The van der Waals surface area contributed by atoms with Gasteiger partial charge in [-0.15, -0.1) is 0 Å². The van der Waals surface area contributed by atoms with Crippen LogP contribution in [0.5, 0.6) is 11.5 Å². The molecule has 2 aromatic carbocycles. The van der Waals surface area contributed by atoms with Crippen LogP contribution in [0.3, 0.4) is 0 Å². The van der Waals surface area contributed by atoms with Crippen molar-refractivity contribution in [3.63, 3.8) is 0 Å². The van der Waals surface area contributed by atoms with Crippen molar-refractivity contribution in [3.05, 3.63) is 59.7 Å². The van der Waals surface area contributed by atoms with Gasteiger partial charge in [-0.05, 0) is 119 Å². The number of aliphatic hydroxyl groups excluding tert-OH is 2. The molecule has 2 bridgehead atoms. The number of carboxylic acid groups (broad SMARTS) is 2. The van der Waals surface area contributed by atoms with Gasteiger partial charge in [-0.25, -0.2) is 4.79 Å². The number of carbonyl (C=O) groups is 14. The Kier molecular flexibility index (Phi) is 37.7. The van der Waals surface area contributed by atoms with Gasteiger partial charge >= 0.3 is 17.9 Å². The van der Waals surface area contributed by atoms with Crippen molar-refractivity contribution in [2.75, 3.05) is 13.1 Å². The van der Waals surface area contributed by atoms with Gasteiger partial charge in [0.15, 0.2) is 0 Å². The number of aliphatic hydroxyl groups is 2. The Labute approximate surface area is 606 Å². The molecule has 18 N–H and O–H groups in total. The number of nitrogens with two attached hydrogens (primary N) is 2. The average molecular weight is 1460 g/mol. The molecule has 2 aromatic rings. The summed E-state index contributed by atoms with van der Waals surface area (Å²) in [5, 5.41) is 74.1. The fourth-order valence-electron chi connectivity index (χ4n) is 12.0. The zero-order chi connectivity index (χ0) is 77.2. The number of benzene rings is 2. The maximum absolute atomic E-state index is 14.8. The van der Waals surface area contributed by atoms with E-state index in [1.165, 1.54) is 74.7 Å². The van der Waals surface area contributed by atoms with Crippen molar-refractivity contribution < 1.29 is 97.4 Å². The van der Waals surface area contributed by atoms with E-state index < -0.39 is 213 Å². The lowest BCUT2D eigenvalue weighted by atomic mass is 9.97. The number of phenolic OH excluding ortho intramolecular Hbond substituents is 1. The number of esters is 1. The van der Waals surface area contributed by atoms with Gasteiger partial charge in [-0.3, -0.25) is 62.3 Å². The average Bonchev–Trinajstić information content (AvgIpc) is 1.44. The second kappa shape index (κ2) is 45.0. The van der Waals surface area contributed by atoms with Crippen LogP contribution in [0.2, 0.25) is 0 Å². The van der Waals surface area contributed by atoms with E-state index in [1.54, 1.807) is 13.8 Å². The van der Waals surface area contributed by atoms with Crippen molar-refractivity contribution in [1.29, 1.82) is 0 Å². The van der Waals surface area contributed by atoms with Crippen molar-refractivity contribution >= 4 is 82.9 Å². The summed E-state index contributed by atoms with van der Waals surface area (Å²) in [7, 11) is 0. The number of amides is 11. The molecule has 32 nitrogen and oxygen atoms in total. The number of hydrogen-bond acceptors (Lipinski definition) is 19. The number of hydrogen-bond donors (Lipinski definition) is 16. The molecule has 0 aromatic heterocycles. The van der Waals surface area contributed by atoms with Crippen molar-refractivity contribution in [2.45, 2.75) is 268 Å². The molecule has 0 radical (unpaired) electrons. The third-order valence-corrected chi connectivity index (χ3v) is 18.3. The number of ether oxygens (including phenoxy) is 1. The molecular weight excluding hydrogens is 1350 g/mol. The van der Waals surface area contributed by atoms with Gasteiger partial charge in [0, 0.05) is 38.6 Å². The lowest BCUT2D eigenvalue weighted by Crippen LogP contribution is -2.62. The molecule has 3 heterocycles. The highest BCUT2D eigenvalue weighted by Crippen LogP contribution is 2.23. The Morgan fingerprint density at radius 1 is 0.615 bits per heavy atom. The fourth-order valence-corrected chi connectivity index (χ4v) is 12.0. The molecule has 1 saturated heterocycles. The Balaban J connectivity index is 1.75. The number of aromatic hydroxyl groups is 1. The monoisotopic (exact) mass is 1460 g/mol. The quantitative estimate of drug-likeness (QED) is 0.0198. The zero-order valence-electron chi connectivity index (χ0n) is 60.5. The number of fused-ring (bicyclic) bond motifs is 23. The molecule has 5 rings (SSSR count). The maximum atomic E-state index is 14.8. The normalized spacial score (nSPS) is 22.0. The molecule has 104 heavy (non-hydrogen) atoms. The third kappa shape index (κ3) is 31.0. The van der Waals surface area contributed by atoms with Crippen LogP contribution in [0.4, 0.5) is 0 Å². The number of nitrogens with zero attached hydrogens (tertiary/aromatic N) is 1. The van der Waals surface area contributed by atoms with E-state index in [2.05, 4.69) is 61.7 Å². The van der Waals surface area contributed by atoms with Crippen molar-refractivity contribution in [1.82, 2.24) is 52.8 Å². The van der Waals surface area contributed by atoms with Gasteiger partial charge in [0.25, 0.3) is 0 Å². The minimum atomic E-state index is -1.98. The van der Waals surface area contributed by atoms with Crippen molar-refractivity contribution in [2.24, 2.45) is 23.3 Å². The van der Waals surface area contributed by atoms with E-state index in [-0.39, 0.29) is 62.3 Å². The molecular formula is C72H110N12O20. The van der Waals surface area contributed by atoms with Gasteiger partial charge in [-0.1, -0.05) is 116 Å². The number of nitrogens with one attached hydrogen (secondary N) is 9. The van der Waals surface area contributed by atoms with Crippen LogP contribution in [0.1, 0.15) is 194 Å². The molecule has 0 aliphatic carbocycles. The standard InChI is InChI=1S/C72H110N12O20/c1-7-42(4)61-72(103)104-49-28-24-46(25-29-49)39-55(80-64(95)50(20-16-36-73)77-65(96)51(31-34-59(90)91)76-58(89)40-48(87)19-15-13-11-9-8-10-12-14-18-41(2)3)68(99)83-62(44(6)85)70(101)79-53(32-35-60(92)93)63(94)75-43(5)71(102)84-37-17-21-56(84)69(100)78-52(30-33-57(74)88)66(97)81-54(67(98)82-61)38-45-22-26-47(86)27-23-45/h22-29,41-44,48,50-56,61-62,85-87H,7-21,30-40,73H2,1-6H3,(H2,74,88)(H,75,94)(H,76,89)(H,77,96)(H,78,100)(H,79,101)(H,80,95)(H,81,97)(H,82,98)(H,83,99)(H,90,91)(H,92,93)/t42-,43+,44+,48?,50-,51-,52-,53-,54-,55-,56-,61-,62-/m0/s1. The Hall–Kier alpha value is -9.30. The first-order chi connectivity index (χ1) is 49.3. The predicted molar refractivity (Wildman–Crippen MR) is 379 cm³/mol. The van der Waals surface area contributed by atoms with E-state index in [9.17, 15) is 92.7 Å². The summed E-state index contributed by atoms with van der Waals surface area (Å²) in [6.07, 6.45) is 2.79. The van der Waals surface area contributed by atoms with Crippen LogP contribution in [0, 0.1) is 11.8 Å². The number of aliphatic carboxylic acids is 2. The van der Waals surface area contributed by atoms with Gasteiger partial charge in [-0.2, -0.15) is 0 Å². The second-order valence-electron chi connectivity index (χ2n) is 27.5. The first-order valence-electron chi connectivity index (χ1n) is 36.2. The molecule has 32 heteroatoms. The van der Waals surface area contributed by atoms with Crippen LogP contribution in [-0.2, 0) is 80.0 Å². The lowest BCUT2D eigenvalue weighted by molar-refractivity contribution is -0.143. The van der Waals surface area contributed by atoms with Crippen LogP contribution >= 0.6 is 0 Å². The molecule has 3 aliphatic rings. The fraction of sp³-hybridized carbons (Fsp3) is 0.639. The van der Waals surface area contributed by atoms with Crippen LogP contribution in [0.15, 0.2) is 48.5 Å². The largest absolute Gasteiger partial charge is 0.508 e. The zero-order valence-corrected chi connectivity index (χ0v) is 60.5. The number of unbranched alkanes of at least 4 members (excludes halogenated alkanes) is 7. The number of carbonyl (C=O) groups excluding carboxylic acids is 12. The number of phenols is 1. The molecule has 0 spiro atoms. The highest BCUT2D eigenvalue weighted by atomic mass is 16.5. The van der Waals surface area contributed by atoms with Gasteiger partial charge in [0.2, 0.25) is 65.0 Å². The predicted octanol–water partition coefficient (Wildman–Crippen LogP) is 0.939. The summed E-state index contributed by atoms with van der Waals surface area (Å²) in [5.41, 5.74) is 12.0. The van der Waals surface area contributed by atoms with Crippen LogP contribution in [-0.4, -0.2) is 199 Å². The first kappa shape index (κ1) is 87.1. The van der Waals surface area contributed by atoms with Crippen LogP contribution in [0.25, 0.3) is 0 Å². The molecule has 1 unspecified atom stereocenters. The highest BCUT2D eigenvalue weighted by molar-refractivity contribution is 5.99. The van der Waals surface area contributed by atoms with Gasteiger partial charge < -0.3 is 94.5 Å². The molecule has 3 aliphatic heterocycles.